The number of aryl methyl sites for hydroxylation is 1. The number of pyridine rings is 1. The summed E-state index contributed by atoms with van der Waals surface area (Å²) in [6.45, 7) is 2.54. The van der Waals surface area contributed by atoms with Crippen molar-refractivity contribution in [3.05, 3.63) is 58.4 Å². The van der Waals surface area contributed by atoms with Crippen LogP contribution < -0.4 is 10.6 Å². The van der Waals surface area contributed by atoms with E-state index in [4.69, 9.17) is 11.6 Å². The van der Waals surface area contributed by atoms with Crippen molar-refractivity contribution < 1.29 is 4.79 Å². The van der Waals surface area contributed by atoms with Gasteiger partial charge in [0.25, 0.3) is 0 Å². The molecule has 0 fully saturated rings. The Morgan fingerprint density at radius 1 is 1.29 bits per heavy atom. The number of aromatic nitrogens is 1. The third-order valence-electron chi connectivity index (χ3n) is 3.71. The van der Waals surface area contributed by atoms with Crippen molar-refractivity contribution in [2.75, 3.05) is 5.32 Å². The van der Waals surface area contributed by atoms with E-state index in [-0.39, 0.29) is 11.9 Å². The Labute approximate surface area is 128 Å². The number of benzene rings is 1. The molecule has 0 saturated heterocycles. The average molecular weight is 302 g/mol. The van der Waals surface area contributed by atoms with Crippen LogP contribution in [0.5, 0.6) is 0 Å². The predicted octanol–water partition coefficient (Wildman–Crippen LogP) is 2.70. The van der Waals surface area contributed by atoms with Crippen molar-refractivity contribution in [1.82, 2.24) is 10.3 Å². The van der Waals surface area contributed by atoms with Gasteiger partial charge in [0, 0.05) is 6.54 Å². The van der Waals surface area contributed by atoms with Gasteiger partial charge in [-0.1, -0.05) is 35.9 Å². The maximum atomic E-state index is 12.4. The van der Waals surface area contributed by atoms with E-state index in [1.54, 1.807) is 12.1 Å². The van der Waals surface area contributed by atoms with Crippen LogP contribution in [0.1, 0.15) is 16.8 Å². The van der Waals surface area contributed by atoms with Crippen molar-refractivity contribution in [3.63, 3.8) is 0 Å². The fourth-order valence-electron chi connectivity index (χ4n) is 2.52. The highest BCUT2D eigenvalue weighted by atomic mass is 35.5. The number of nitrogens with zero attached hydrogens (tertiary/aromatic N) is 1. The molecule has 0 unspecified atom stereocenters. The van der Waals surface area contributed by atoms with Gasteiger partial charge in [0.15, 0.2) is 0 Å². The lowest BCUT2D eigenvalue weighted by atomic mass is 9.95. The van der Waals surface area contributed by atoms with Crippen LogP contribution in [-0.2, 0) is 17.8 Å². The van der Waals surface area contributed by atoms with Crippen molar-refractivity contribution >= 4 is 23.2 Å². The molecule has 1 atom stereocenters. The highest BCUT2D eigenvalue weighted by Gasteiger charge is 2.24. The van der Waals surface area contributed by atoms with Crippen LogP contribution in [0.2, 0.25) is 5.15 Å². The van der Waals surface area contributed by atoms with Gasteiger partial charge in [0.2, 0.25) is 5.91 Å². The second-order valence-electron chi connectivity index (χ2n) is 5.16. The molecule has 0 spiro atoms. The fraction of sp³-hybridized carbons (Fsp3) is 0.250. The van der Waals surface area contributed by atoms with Gasteiger partial charge >= 0.3 is 0 Å². The summed E-state index contributed by atoms with van der Waals surface area (Å²) in [5, 5.41) is 6.61. The first kappa shape index (κ1) is 14.0. The second-order valence-corrected chi connectivity index (χ2v) is 5.55. The second kappa shape index (κ2) is 5.84. The normalized spacial score (nSPS) is 17.1. The van der Waals surface area contributed by atoms with Crippen LogP contribution in [0.4, 0.5) is 5.69 Å². The van der Waals surface area contributed by atoms with Gasteiger partial charge in [-0.25, -0.2) is 4.98 Å². The number of amides is 1. The molecule has 2 N–H and O–H groups in total. The number of anilines is 1. The first-order valence-electron chi connectivity index (χ1n) is 6.87. The zero-order valence-corrected chi connectivity index (χ0v) is 12.4. The van der Waals surface area contributed by atoms with Crippen LogP contribution in [0, 0.1) is 6.92 Å². The summed E-state index contributed by atoms with van der Waals surface area (Å²) in [6, 6.07) is 11.4. The SMILES string of the molecule is Cc1nc(Cl)ccc1NC(=O)[C@H]1Cc2ccccc2CN1. The Bertz CT molecular complexity index is 687. The average Bonchev–Trinajstić information content (AvgIpc) is 2.49. The Morgan fingerprint density at radius 2 is 2.05 bits per heavy atom. The Balaban J connectivity index is 1.72. The highest BCUT2D eigenvalue weighted by molar-refractivity contribution is 6.29. The number of hydrogen-bond acceptors (Lipinski definition) is 3. The standard InChI is InChI=1S/C16H16ClN3O/c1-10-13(6-7-15(17)19-10)20-16(21)14-8-11-4-2-3-5-12(11)9-18-14/h2-7,14,18H,8-9H2,1H3,(H,20,21)/t14-/m1/s1. The van der Waals surface area contributed by atoms with Crippen LogP contribution in [0.15, 0.2) is 36.4 Å². The molecule has 3 rings (SSSR count). The molecule has 0 aliphatic carbocycles. The zero-order valence-electron chi connectivity index (χ0n) is 11.7. The minimum absolute atomic E-state index is 0.0447. The van der Waals surface area contributed by atoms with Gasteiger partial charge in [-0.15, -0.1) is 0 Å². The van der Waals surface area contributed by atoms with Crippen LogP contribution in [0.3, 0.4) is 0 Å². The van der Waals surface area contributed by atoms with E-state index in [2.05, 4.69) is 27.8 Å². The number of fused-ring (bicyclic) bond motifs is 1. The minimum Gasteiger partial charge on any atom is -0.323 e. The number of nitrogens with one attached hydrogen (secondary N) is 2. The zero-order chi connectivity index (χ0) is 14.8. The Kier molecular flexibility index (Phi) is 3.90. The Morgan fingerprint density at radius 3 is 2.81 bits per heavy atom. The molecular weight excluding hydrogens is 286 g/mol. The summed E-state index contributed by atoms with van der Waals surface area (Å²) >= 11 is 5.82. The number of halogens is 1. The fourth-order valence-corrected chi connectivity index (χ4v) is 2.71. The number of carbonyl (C=O) groups excluding carboxylic acids is 1. The van der Waals surface area contributed by atoms with Crippen molar-refractivity contribution in [3.8, 4) is 0 Å². The lowest BCUT2D eigenvalue weighted by molar-refractivity contribution is -0.118. The quantitative estimate of drug-likeness (QED) is 0.839. The third-order valence-corrected chi connectivity index (χ3v) is 3.92. The van der Waals surface area contributed by atoms with Gasteiger partial charge in [-0.2, -0.15) is 0 Å². The first-order valence-corrected chi connectivity index (χ1v) is 7.25. The van der Waals surface area contributed by atoms with Crippen LogP contribution in [-0.4, -0.2) is 16.9 Å². The summed E-state index contributed by atoms with van der Waals surface area (Å²) in [7, 11) is 0. The maximum absolute atomic E-state index is 12.4. The van der Waals surface area contributed by atoms with E-state index >= 15 is 0 Å². The molecule has 108 valence electrons. The molecule has 0 saturated carbocycles. The lowest BCUT2D eigenvalue weighted by Crippen LogP contribution is -2.44. The molecule has 0 bridgehead atoms. The molecule has 4 nitrogen and oxygen atoms in total. The predicted molar refractivity (Wildman–Crippen MR) is 83.4 cm³/mol. The molecule has 1 aromatic carbocycles. The maximum Gasteiger partial charge on any atom is 0.241 e. The molecule has 5 heteroatoms. The molecule has 2 aromatic rings. The van der Waals surface area contributed by atoms with E-state index in [0.717, 1.165) is 0 Å². The summed E-state index contributed by atoms with van der Waals surface area (Å²) in [5.74, 6) is -0.0447. The smallest absolute Gasteiger partial charge is 0.241 e. The van der Waals surface area contributed by atoms with Crippen LogP contribution >= 0.6 is 11.6 Å². The molecule has 2 heterocycles. The van der Waals surface area contributed by atoms with E-state index in [1.165, 1.54) is 11.1 Å². The van der Waals surface area contributed by atoms with Gasteiger partial charge in [0.05, 0.1) is 17.4 Å². The summed E-state index contributed by atoms with van der Waals surface area (Å²) in [4.78, 5) is 16.5. The third kappa shape index (κ3) is 3.06. The van der Waals surface area contributed by atoms with Gasteiger partial charge < -0.3 is 10.6 Å². The van der Waals surface area contributed by atoms with Crippen molar-refractivity contribution in [1.29, 1.82) is 0 Å². The van der Waals surface area contributed by atoms with Crippen LogP contribution in [0.25, 0.3) is 0 Å². The minimum atomic E-state index is -0.227. The Hall–Kier alpha value is -1.91. The van der Waals surface area contributed by atoms with E-state index in [1.807, 2.05) is 19.1 Å². The number of carbonyl (C=O) groups is 1. The molecule has 0 radical (unpaired) electrons. The van der Waals surface area contributed by atoms with E-state index in [9.17, 15) is 4.79 Å². The molecule has 1 amide bonds. The summed E-state index contributed by atoms with van der Waals surface area (Å²) < 4.78 is 0. The largest absolute Gasteiger partial charge is 0.323 e. The van der Waals surface area contributed by atoms with E-state index in [0.29, 0.717) is 29.5 Å². The highest BCUT2D eigenvalue weighted by Crippen LogP contribution is 2.19. The summed E-state index contributed by atoms with van der Waals surface area (Å²) in [5.41, 5.74) is 3.89. The van der Waals surface area contributed by atoms with Gasteiger partial charge in [-0.3, -0.25) is 4.79 Å². The molecule has 1 aliphatic heterocycles. The van der Waals surface area contributed by atoms with E-state index < -0.39 is 0 Å². The van der Waals surface area contributed by atoms with Crippen molar-refractivity contribution in [2.45, 2.75) is 25.9 Å². The lowest BCUT2D eigenvalue weighted by Gasteiger charge is -2.25. The molecule has 1 aromatic heterocycles. The first-order chi connectivity index (χ1) is 10.1. The molecule has 1 aliphatic rings. The molecular formula is C16H16ClN3O. The summed E-state index contributed by atoms with van der Waals surface area (Å²) in [6.07, 6.45) is 0.697. The topological polar surface area (TPSA) is 54.0 Å². The number of rotatable bonds is 2. The van der Waals surface area contributed by atoms with Gasteiger partial charge in [0.1, 0.15) is 5.15 Å². The van der Waals surface area contributed by atoms with Crippen molar-refractivity contribution in [2.24, 2.45) is 0 Å². The molecule has 21 heavy (non-hydrogen) atoms. The van der Waals surface area contributed by atoms with Gasteiger partial charge in [-0.05, 0) is 36.6 Å². The monoisotopic (exact) mass is 301 g/mol. The number of hydrogen-bond donors (Lipinski definition) is 2.